The van der Waals surface area contributed by atoms with Crippen molar-refractivity contribution in [2.75, 3.05) is 0 Å². The van der Waals surface area contributed by atoms with E-state index in [-0.39, 0.29) is 5.69 Å². The predicted octanol–water partition coefficient (Wildman–Crippen LogP) is 2.78. The molecular weight excluding hydrogens is 254 g/mol. The first-order valence-electron chi connectivity index (χ1n) is 6.48. The molecule has 0 unspecified atom stereocenters. The molecule has 0 aliphatic carbocycles. The minimum Gasteiger partial charge on any atom is -0.477 e. The standard InChI is InChI=1S/C15H15N3O2/c1-2-3-6-12-9-14(15(19)20)18(17-12)13-7-4-5-11(8-13)10-16/h4-5,7-9H,2-3,6H2,1H3,(H,19,20). The molecule has 1 N–H and O–H groups in total. The molecule has 0 fully saturated rings. The van der Waals surface area contributed by atoms with Gasteiger partial charge in [-0.3, -0.25) is 0 Å². The maximum atomic E-state index is 11.3. The van der Waals surface area contributed by atoms with Crippen LogP contribution in [0.15, 0.2) is 30.3 Å². The number of aromatic nitrogens is 2. The van der Waals surface area contributed by atoms with E-state index in [2.05, 4.69) is 12.0 Å². The van der Waals surface area contributed by atoms with Crippen molar-refractivity contribution in [1.82, 2.24) is 9.78 Å². The van der Waals surface area contributed by atoms with Gasteiger partial charge in [0.15, 0.2) is 5.69 Å². The lowest BCUT2D eigenvalue weighted by Gasteiger charge is -2.04. The number of rotatable bonds is 5. The highest BCUT2D eigenvalue weighted by molar-refractivity contribution is 5.86. The molecule has 2 rings (SSSR count). The van der Waals surface area contributed by atoms with Crippen molar-refractivity contribution in [3.8, 4) is 11.8 Å². The van der Waals surface area contributed by atoms with Crippen LogP contribution in [0.1, 0.15) is 41.5 Å². The molecule has 1 aromatic heterocycles. The third-order valence-corrected chi connectivity index (χ3v) is 2.99. The Morgan fingerprint density at radius 2 is 2.25 bits per heavy atom. The number of aryl methyl sites for hydroxylation is 1. The molecule has 0 atom stereocenters. The van der Waals surface area contributed by atoms with Crippen LogP contribution in [0.2, 0.25) is 0 Å². The van der Waals surface area contributed by atoms with Gasteiger partial charge in [-0.15, -0.1) is 0 Å². The van der Waals surface area contributed by atoms with Crippen LogP contribution in [0.4, 0.5) is 0 Å². The number of benzene rings is 1. The number of carbonyl (C=O) groups is 1. The Labute approximate surface area is 117 Å². The van der Waals surface area contributed by atoms with Crippen LogP contribution in [-0.2, 0) is 6.42 Å². The number of hydrogen-bond donors (Lipinski definition) is 1. The highest BCUT2D eigenvalue weighted by Gasteiger charge is 2.15. The molecule has 0 radical (unpaired) electrons. The average molecular weight is 269 g/mol. The van der Waals surface area contributed by atoms with E-state index in [0.717, 1.165) is 25.0 Å². The maximum absolute atomic E-state index is 11.3. The summed E-state index contributed by atoms with van der Waals surface area (Å²) in [5, 5.41) is 22.5. The minimum absolute atomic E-state index is 0.117. The number of carboxylic acids is 1. The summed E-state index contributed by atoms with van der Waals surface area (Å²) < 4.78 is 1.38. The third kappa shape index (κ3) is 2.86. The van der Waals surface area contributed by atoms with Crippen LogP contribution in [-0.4, -0.2) is 20.9 Å². The van der Waals surface area contributed by atoms with E-state index in [0.29, 0.717) is 11.3 Å². The monoisotopic (exact) mass is 269 g/mol. The molecule has 1 aromatic carbocycles. The molecule has 0 saturated carbocycles. The second-order valence-corrected chi connectivity index (χ2v) is 4.50. The van der Waals surface area contributed by atoms with Crippen LogP contribution >= 0.6 is 0 Å². The van der Waals surface area contributed by atoms with Crippen molar-refractivity contribution in [3.05, 3.63) is 47.3 Å². The number of nitriles is 1. The second kappa shape index (κ2) is 6.02. The van der Waals surface area contributed by atoms with Crippen LogP contribution in [0.5, 0.6) is 0 Å². The number of unbranched alkanes of at least 4 members (excludes halogenated alkanes) is 1. The summed E-state index contributed by atoms with van der Waals surface area (Å²) in [5.74, 6) is -1.03. The van der Waals surface area contributed by atoms with Gasteiger partial charge in [0.05, 0.1) is 23.0 Å². The lowest BCUT2D eigenvalue weighted by Crippen LogP contribution is -2.08. The van der Waals surface area contributed by atoms with Gasteiger partial charge in [-0.1, -0.05) is 19.4 Å². The molecule has 0 saturated heterocycles. The fourth-order valence-electron chi connectivity index (χ4n) is 1.97. The first-order valence-corrected chi connectivity index (χ1v) is 6.48. The first-order chi connectivity index (χ1) is 9.65. The summed E-state index contributed by atoms with van der Waals surface area (Å²) in [4.78, 5) is 11.3. The highest BCUT2D eigenvalue weighted by Crippen LogP contribution is 2.15. The Morgan fingerprint density at radius 3 is 2.90 bits per heavy atom. The van der Waals surface area contributed by atoms with Gasteiger partial charge >= 0.3 is 5.97 Å². The smallest absolute Gasteiger partial charge is 0.354 e. The molecular formula is C15H15N3O2. The van der Waals surface area contributed by atoms with E-state index in [1.807, 2.05) is 6.07 Å². The van der Waals surface area contributed by atoms with Crippen LogP contribution in [0.25, 0.3) is 5.69 Å². The van der Waals surface area contributed by atoms with Gasteiger partial charge in [-0.05, 0) is 37.1 Å². The molecule has 20 heavy (non-hydrogen) atoms. The largest absolute Gasteiger partial charge is 0.477 e. The van der Waals surface area contributed by atoms with E-state index in [9.17, 15) is 9.90 Å². The Hall–Kier alpha value is -2.61. The molecule has 0 aliphatic heterocycles. The molecule has 2 aromatic rings. The average Bonchev–Trinajstić information content (AvgIpc) is 2.89. The first kappa shape index (κ1) is 13.8. The van der Waals surface area contributed by atoms with Gasteiger partial charge < -0.3 is 5.11 Å². The Balaban J connectivity index is 2.45. The van der Waals surface area contributed by atoms with Gasteiger partial charge in [0.25, 0.3) is 0 Å². The summed E-state index contributed by atoms with van der Waals surface area (Å²) in [6.07, 6.45) is 2.75. The summed E-state index contributed by atoms with van der Waals surface area (Å²) in [7, 11) is 0. The van der Waals surface area contributed by atoms with Crippen molar-refractivity contribution in [2.24, 2.45) is 0 Å². The van der Waals surface area contributed by atoms with Gasteiger partial charge in [0, 0.05) is 0 Å². The maximum Gasteiger partial charge on any atom is 0.354 e. The lowest BCUT2D eigenvalue weighted by atomic mass is 10.2. The lowest BCUT2D eigenvalue weighted by molar-refractivity contribution is 0.0687. The van der Waals surface area contributed by atoms with Gasteiger partial charge in [-0.2, -0.15) is 10.4 Å². The number of hydrogen-bond acceptors (Lipinski definition) is 3. The fraction of sp³-hybridized carbons (Fsp3) is 0.267. The van der Waals surface area contributed by atoms with Crippen molar-refractivity contribution >= 4 is 5.97 Å². The molecule has 1 heterocycles. The molecule has 0 spiro atoms. The van der Waals surface area contributed by atoms with Gasteiger partial charge in [0.2, 0.25) is 0 Å². The van der Waals surface area contributed by atoms with Gasteiger partial charge in [0.1, 0.15) is 0 Å². The van der Waals surface area contributed by atoms with E-state index in [4.69, 9.17) is 5.26 Å². The zero-order valence-corrected chi connectivity index (χ0v) is 11.2. The Kier molecular flexibility index (Phi) is 4.16. The molecule has 0 bridgehead atoms. The van der Waals surface area contributed by atoms with E-state index in [1.165, 1.54) is 4.68 Å². The highest BCUT2D eigenvalue weighted by atomic mass is 16.4. The number of nitrogens with zero attached hydrogens (tertiary/aromatic N) is 3. The zero-order chi connectivity index (χ0) is 14.5. The van der Waals surface area contributed by atoms with Crippen LogP contribution < -0.4 is 0 Å². The van der Waals surface area contributed by atoms with Crippen molar-refractivity contribution in [2.45, 2.75) is 26.2 Å². The minimum atomic E-state index is -1.03. The van der Waals surface area contributed by atoms with Crippen molar-refractivity contribution in [3.63, 3.8) is 0 Å². The normalized spacial score (nSPS) is 10.2. The van der Waals surface area contributed by atoms with Crippen LogP contribution in [0, 0.1) is 11.3 Å². The third-order valence-electron chi connectivity index (χ3n) is 2.99. The number of aromatic carboxylic acids is 1. The fourth-order valence-corrected chi connectivity index (χ4v) is 1.97. The molecule has 0 aliphatic rings. The van der Waals surface area contributed by atoms with E-state index in [1.54, 1.807) is 30.3 Å². The topological polar surface area (TPSA) is 78.9 Å². The molecule has 102 valence electrons. The zero-order valence-electron chi connectivity index (χ0n) is 11.2. The SMILES string of the molecule is CCCCc1cc(C(=O)O)n(-c2cccc(C#N)c2)n1. The Bertz CT molecular complexity index is 668. The molecule has 0 amide bonds. The number of carboxylic acid groups (broad SMARTS) is 1. The Morgan fingerprint density at radius 1 is 1.45 bits per heavy atom. The van der Waals surface area contributed by atoms with Crippen LogP contribution in [0.3, 0.4) is 0 Å². The van der Waals surface area contributed by atoms with Gasteiger partial charge in [-0.25, -0.2) is 9.48 Å². The quantitative estimate of drug-likeness (QED) is 0.905. The summed E-state index contributed by atoms with van der Waals surface area (Å²) >= 11 is 0. The predicted molar refractivity (Wildman–Crippen MR) is 73.9 cm³/mol. The summed E-state index contributed by atoms with van der Waals surface area (Å²) in [5.41, 5.74) is 1.94. The van der Waals surface area contributed by atoms with E-state index >= 15 is 0 Å². The second-order valence-electron chi connectivity index (χ2n) is 4.50. The molecule has 5 nitrogen and oxygen atoms in total. The van der Waals surface area contributed by atoms with Crippen molar-refractivity contribution in [1.29, 1.82) is 5.26 Å². The van der Waals surface area contributed by atoms with E-state index < -0.39 is 5.97 Å². The summed E-state index contributed by atoms with van der Waals surface area (Å²) in [6, 6.07) is 10.4. The van der Waals surface area contributed by atoms with Crippen molar-refractivity contribution < 1.29 is 9.90 Å². The summed E-state index contributed by atoms with van der Waals surface area (Å²) in [6.45, 7) is 2.07. The molecule has 5 heteroatoms.